The number of rotatable bonds is 10. The monoisotopic (exact) mass is 452 g/mol. The maximum Gasteiger partial charge on any atom is 0.573 e. The highest BCUT2D eigenvalue weighted by molar-refractivity contribution is 5.91. The molecule has 0 atom stereocenters. The number of hydrogen-bond donors (Lipinski definition) is 1. The van der Waals surface area contributed by atoms with Crippen molar-refractivity contribution < 1.29 is 37.0 Å². The molecule has 1 aliphatic carbocycles. The van der Waals surface area contributed by atoms with Crippen LogP contribution >= 0.6 is 0 Å². The zero-order valence-corrected chi connectivity index (χ0v) is 17.4. The minimum Gasteiger partial charge on any atom is -0.493 e. The second-order valence-electron chi connectivity index (χ2n) is 7.13. The number of carbonyl (C=O) groups is 2. The van der Waals surface area contributed by atoms with Gasteiger partial charge in [0.05, 0.1) is 7.11 Å². The van der Waals surface area contributed by atoms with E-state index in [1.54, 1.807) is 29.2 Å². The predicted molar refractivity (Wildman–Crippen MR) is 110 cm³/mol. The topological polar surface area (TPSA) is 77.1 Å². The van der Waals surface area contributed by atoms with E-state index in [0.717, 1.165) is 25.0 Å². The number of hydrogen-bond acceptors (Lipinski definition) is 5. The van der Waals surface area contributed by atoms with Crippen LogP contribution in [0.15, 0.2) is 48.5 Å². The molecule has 1 saturated carbocycles. The normalized spacial score (nSPS) is 13.2. The molecule has 2 aromatic rings. The lowest BCUT2D eigenvalue weighted by atomic mass is 10.2. The molecular weight excluding hydrogens is 429 g/mol. The van der Waals surface area contributed by atoms with Crippen LogP contribution in [0.1, 0.15) is 19.3 Å². The Kier molecular flexibility index (Phi) is 7.45. The number of anilines is 1. The van der Waals surface area contributed by atoms with E-state index in [-0.39, 0.29) is 37.2 Å². The van der Waals surface area contributed by atoms with Crippen LogP contribution in [-0.2, 0) is 9.59 Å². The zero-order valence-electron chi connectivity index (χ0n) is 17.4. The molecular formula is C22H23F3N2O5. The third-order valence-electron chi connectivity index (χ3n) is 4.66. The maximum absolute atomic E-state index is 12.7. The van der Waals surface area contributed by atoms with Crippen molar-refractivity contribution >= 4 is 17.5 Å². The molecule has 0 spiro atoms. The Bertz CT molecular complexity index is 947. The Labute approximate surface area is 183 Å². The molecule has 2 aromatic carbocycles. The van der Waals surface area contributed by atoms with Crippen molar-refractivity contribution in [1.82, 2.24) is 4.90 Å². The molecule has 0 unspecified atom stereocenters. The van der Waals surface area contributed by atoms with Gasteiger partial charge in [-0.05, 0) is 37.1 Å². The van der Waals surface area contributed by atoms with E-state index in [2.05, 4.69) is 10.1 Å². The fourth-order valence-electron chi connectivity index (χ4n) is 3.07. The summed E-state index contributed by atoms with van der Waals surface area (Å²) in [6.45, 7) is -0.0291. The van der Waals surface area contributed by atoms with E-state index in [9.17, 15) is 22.8 Å². The fraction of sp³-hybridized carbons (Fsp3) is 0.364. The van der Waals surface area contributed by atoms with Gasteiger partial charge in [-0.2, -0.15) is 0 Å². The lowest BCUT2D eigenvalue weighted by molar-refractivity contribution is -0.274. The van der Waals surface area contributed by atoms with E-state index in [1.807, 2.05) is 0 Å². The Morgan fingerprint density at radius 1 is 1.09 bits per heavy atom. The number of para-hydroxylation sites is 2. The van der Waals surface area contributed by atoms with Gasteiger partial charge >= 0.3 is 6.36 Å². The van der Waals surface area contributed by atoms with Crippen LogP contribution in [-0.4, -0.2) is 49.4 Å². The van der Waals surface area contributed by atoms with Crippen LogP contribution in [0.3, 0.4) is 0 Å². The van der Waals surface area contributed by atoms with Crippen molar-refractivity contribution in [2.45, 2.75) is 31.7 Å². The quantitative estimate of drug-likeness (QED) is 0.590. The minimum absolute atomic E-state index is 0.0126. The number of carbonyl (C=O) groups excluding carboxylic acids is 2. The van der Waals surface area contributed by atoms with Gasteiger partial charge in [0, 0.05) is 30.8 Å². The summed E-state index contributed by atoms with van der Waals surface area (Å²) in [6.07, 6.45) is -3.14. The number of methoxy groups -OCH3 is 1. The Morgan fingerprint density at radius 2 is 1.81 bits per heavy atom. The van der Waals surface area contributed by atoms with Crippen molar-refractivity contribution in [3.05, 3.63) is 48.5 Å². The van der Waals surface area contributed by atoms with E-state index in [1.165, 1.54) is 19.2 Å². The molecule has 0 aliphatic heterocycles. The first-order valence-corrected chi connectivity index (χ1v) is 9.96. The molecule has 0 bridgehead atoms. The highest BCUT2D eigenvalue weighted by atomic mass is 19.4. The third kappa shape index (κ3) is 7.07. The summed E-state index contributed by atoms with van der Waals surface area (Å²) in [7, 11) is 1.50. The number of ether oxygens (including phenoxy) is 3. The first kappa shape index (κ1) is 23.2. The van der Waals surface area contributed by atoms with E-state index < -0.39 is 18.0 Å². The Morgan fingerprint density at radius 3 is 2.47 bits per heavy atom. The van der Waals surface area contributed by atoms with Crippen LogP contribution in [0, 0.1) is 0 Å². The summed E-state index contributed by atoms with van der Waals surface area (Å²) in [5.74, 6) is -0.171. The number of halogens is 3. The summed E-state index contributed by atoms with van der Waals surface area (Å²) in [5.41, 5.74) is 0.167. The maximum atomic E-state index is 12.7. The highest BCUT2D eigenvalue weighted by Gasteiger charge is 2.33. The average molecular weight is 452 g/mol. The summed E-state index contributed by atoms with van der Waals surface area (Å²) < 4.78 is 51.7. The van der Waals surface area contributed by atoms with Crippen molar-refractivity contribution in [1.29, 1.82) is 0 Å². The van der Waals surface area contributed by atoms with Gasteiger partial charge in [-0.15, -0.1) is 13.2 Å². The molecule has 0 aromatic heterocycles. The van der Waals surface area contributed by atoms with Crippen molar-refractivity contribution in [2.24, 2.45) is 0 Å². The number of nitrogens with zero attached hydrogens (tertiary/aromatic N) is 1. The van der Waals surface area contributed by atoms with Crippen molar-refractivity contribution in [2.75, 3.05) is 25.6 Å². The van der Waals surface area contributed by atoms with Gasteiger partial charge < -0.3 is 24.4 Å². The molecule has 0 saturated heterocycles. The molecule has 3 rings (SSSR count). The summed E-state index contributed by atoms with van der Waals surface area (Å²) in [5, 5.41) is 2.52. The van der Waals surface area contributed by atoms with E-state index in [4.69, 9.17) is 9.47 Å². The minimum atomic E-state index is -4.82. The van der Waals surface area contributed by atoms with Crippen LogP contribution in [0.5, 0.6) is 17.2 Å². The summed E-state index contributed by atoms with van der Waals surface area (Å²) in [6, 6.07) is 12.0. The second-order valence-corrected chi connectivity index (χ2v) is 7.13. The van der Waals surface area contributed by atoms with Gasteiger partial charge in [0.15, 0.2) is 18.1 Å². The van der Waals surface area contributed by atoms with E-state index in [0.29, 0.717) is 11.5 Å². The largest absolute Gasteiger partial charge is 0.573 e. The average Bonchev–Trinajstić information content (AvgIpc) is 3.56. The van der Waals surface area contributed by atoms with Crippen LogP contribution in [0.4, 0.5) is 18.9 Å². The highest BCUT2D eigenvalue weighted by Crippen LogP contribution is 2.29. The second kappa shape index (κ2) is 10.3. The molecule has 172 valence electrons. The summed E-state index contributed by atoms with van der Waals surface area (Å²) >= 11 is 0. The molecule has 1 fully saturated rings. The number of alkyl halides is 3. The molecule has 1 aliphatic rings. The Hall–Kier alpha value is -3.43. The molecule has 1 N–H and O–H groups in total. The molecule has 2 amide bonds. The van der Waals surface area contributed by atoms with Crippen molar-refractivity contribution in [3.63, 3.8) is 0 Å². The number of benzene rings is 2. The van der Waals surface area contributed by atoms with Gasteiger partial charge in [0.25, 0.3) is 5.91 Å². The van der Waals surface area contributed by atoms with Gasteiger partial charge in [-0.3, -0.25) is 9.59 Å². The first-order chi connectivity index (χ1) is 15.2. The first-order valence-electron chi connectivity index (χ1n) is 9.96. The zero-order chi connectivity index (χ0) is 23.1. The van der Waals surface area contributed by atoms with Gasteiger partial charge in [-0.25, -0.2) is 0 Å². The number of amides is 2. The van der Waals surface area contributed by atoms with Crippen molar-refractivity contribution in [3.8, 4) is 17.2 Å². The Balaban J connectivity index is 1.51. The van der Waals surface area contributed by atoms with E-state index >= 15 is 0 Å². The fourth-order valence-corrected chi connectivity index (χ4v) is 3.07. The molecule has 32 heavy (non-hydrogen) atoms. The van der Waals surface area contributed by atoms with Crippen LogP contribution in [0.2, 0.25) is 0 Å². The SMILES string of the molecule is COc1ccccc1OCC(=O)N(CCC(=O)Nc1cccc(OC(F)(F)F)c1)C1CC1. The molecule has 7 nitrogen and oxygen atoms in total. The van der Waals surface area contributed by atoms with Gasteiger partial charge in [-0.1, -0.05) is 18.2 Å². The summed E-state index contributed by atoms with van der Waals surface area (Å²) in [4.78, 5) is 26.5. The molecule has 0 heterocycles. The third-order valence-corrected chi connectivity index (χ3v) is 4.66. The molecule has 10 heteroatoms. The van der Waals surface area contributed by atoms with Crippen LogP contribution < -0.4 is 19.5 Å². The smallest absolute Gasteiger partial charge is 0.493 e. The lowest BCUT2D eigenvalue weighted by Crippen LogP contribution is -2.38. The van der Waals surface area contributed by atoms with Gasteiger partial charge in [0.1, 0.15) is 5.75 Å². The lowest BCUT2D eigenvalue weighted by Gasteiger charge is -2.22. The van der Waals surface area contributed by atoms with Gasteiger partial charge in [0.2, 0.25) is 5.91 Å². The standard InChI is InChI=1S/C22H23F3N2O5/c1-30-18-7-2-3-8-19(18)31-14-21(29)27(16-9-10-16)12-11-20(28)26-15-5-4-6-17(13-15)32-22(23,24)25/h2-8,13,16H,9-12,14H2,1H3,(H,26,28). The molecule has 0 radical (unpaired) electrons. The number of nitrogens with one attached hydrogen (secondary N) is 1. The predicted octanol–water partition coefficient (Wildman–Crippen LogP) is 3.99. The van der Waals surface area contributed by atoms with Crippen LogP contribution in [0.25, 0.3) is 0 Å².